The van der Waals surface area contributed by atoms with Crippen LogP contribution >= 0.6 is 0 Å². The Morgan fingerprint density at radius 2 is 1.59 bits per heavy atom. The first-order valence-electron chi connectivity index (χ1n) is 8.76. The second-order valence-corrected chi connectivity index (χ2v) is 6.26. The summed E-state index contributed by atoms with van der Waals surface area (Å²) in [7, 11) is 0. The molecule has 0 radical (unpaired) electrons. The Hall–Kier alpha value is -4.20. The number of hydrogen-bond donors (Lipinski definition) is 0. The molecule has 8 nitrogen and oxygen atoms in total. The van der Waals surface area contributed by atoms with Gasteiger partial charge < -0.3 is 10.0 Å². The van der Waals surface area contributed by atoms with Gasteiger partial charge in [0.25, 0.3) is 11.4 Å². The van der Waals surface area contributed by atoms with Crippen LogP contribution in [0.4, 0.5) is 5.69 Å². The fourth-order valence-corrected chi connectivity index (χ4v) is 3.13. The smallest absolute Gasteiger partial charge is 0.357 e. The molecule has 0 aliphatic rings. The van der Waals surface area contributed by atoms with Crippen LogP contribution in [0, 0.1) is 15.3 Å². The van der Waals surface area contributed by atoms with E-state index in [1.807, 2.05) is 0 Å². The molecule has 0 N–H and O–H groups in total. The molecule has 1 aromatic heterocycles. The van der Waals surface area contributed by atoms with Crippen LogP contribution in [0.3, 0.4) is 0 Å². The Labute approximate surface area is 164 Å². The first-order chi connectivity index (χ1) is 14.1. The molecule has 4 aromatic rings. The van der Waals surface area contributed by atoms with Gasteiger partial charge in [-0.05, 0) is 24.3 Å². The molecule has 3 aromatic carbocycles. The zero-order valence-corrected chi connectivity index (χ0v) is 15.1. The molecule has 0 saturated carbocycles. The van der Waals surface area contributed by atoms with Gasteiger partial charge >= 0.3 is 5.56 Å². The number of hydrogen-bond acceptors (Lipinski definition) is 5. The van der Waals surface area contributed by atoms with Crippen molar-refractivity contribution in [1.82, 2.24) is 4.73 Å². The zero-order chi connectivity index (χ0) is 20.4. The molecule has 0 aliphatic heterocycles. The Balaban J connectivity index is 1.87. The molecule has 0 amide bonds. The van der Waals surface area contributed by atoms with Crippen LogP contribution in [-0.4, -0.2) is 9.65 Å². The highest BCUT2D eigenvalue weighted by Crippen LogP contribution is 2.19. The number of nitro benzene ring substituents is 1. The molecule has 8 heteroatoms. The Morgan fingerprint density at radius 3 is 2.34 bits per heavy atom. The molecule has 0 unspecified atom stereocenters. The molecule has 4 rings (SSSR count). The van der Waals surface area contributed by atoms with Crippen LogP contribution in [0.15, 0.2) is 83.7 Å². The van der Waals surface area contributed by atoms with Crippen molar-refractivity contribution in [1.29, 1.82) is 0 Å². The van der Waals surface area contributed by atoms with E-state index in [1.165, 1.54) is 6.07 Å². The van der Waals surface area contributed by atoms with Crippen molar-refractivity contribution in [2.75, 3.05) is 0 Å². The Morgan fingerprint density at radius 1 is 0.931 bits per heavy atom. The summed E-state index contributed by atoms with van der Waals surface area (Å²) in [6, 6.07) is 21.2. The largest absolute Gasteiger partial charge is 0.618 e. The number of para-hydroxylation sites is 3. The average molecular weight is 389 g/mol. The molecular weight excluding hydrogens is 374 g/mol. The lowest BCUT2D eigenvalue weighted by atomic mass is 10.1. The Bertz CT molecular complexity index is 1270. The quantitative estimate of drug-likeness (QED) is 0.226. The van der Waals surface area contributed by atoms with Crippen LogP contribution in [-0.2, 0) is 6.61 Å². The molecule has 0 aliphatic carbocycles. The van der Waals surface area contributed by atoms with Crippen molar-refractivity contribution < 1.29 is 14.5 Å². The lowest BCUT2D eigenvalue weighted by Gasteiger charge is -2.14. The van der Waals surface area contributed by atoms with E-state index in [1.54, 1.807) is 72.8 Å². The second kappa shape index (κ2) is 7.43. The van der Waals surface area contributed by atoms with Crippen molar-refractivity contribution in [3.8, 4) is 11.3 Å². The van der Waals surface area contributed by atoms with Gasteiger partial charge in [0.05, 0.1) is 16.1 Å². The summed E-state index contributed by atoms with van der Waals surface area (Å²) in [4.78, 5) is 29.5. The summed E-state index contributed by atoms with van der Waals surface area (Å²) in [5.41, 5.74) is 0.424. The molecule has 0 spiro atoms. The second-order valence-electron chi connectivity index (χ2n) is 6.26. The number of nitro groups is 1. The van der Waals surface area contributed by atoms with Gasteiger partial charge in [0, 0.05) is 12.1 Å². The number of rotatable bonds is 5. The van der Waals surface area contributed by atoms with Gasteiger partial charge in [0.15, 0.2) is 5.52 Å². The van der Waals surface area contributed by atoms with E-state index < -0.39 is 10.5 Å². The Kier molecular flexibility index (Phi) is 4.66. The zero-order valence-electron chi connectivity index (χ0n) is 15.1. The summed E-state index contributed by atoms with van der Waals surface area (Å²) < 4.78 is 1.60. The third-order valence-electron chi connectivity index (χ3n) is 4.49. The minimum Gasteiger partial charge on any atom is -0.618 e. The number of aromatic nitrogens is 2. The maximum atomic E-state index is 13.1. The van der Waals surface area contributed by atoms with E-state index in [0.717, 1.165) is 4.73 Å². The number of nitrogens with zero attached hydrogens (tertiary/aromatic N) is 3. The molecule has 29 heavy (non-hydrogen) atoms. The van der Waals surface area contributed by atoms with Crippen LogP contribution in [0.5, 0.6) is 0 Å². The predicted octanol–water partition coefficient (Wildman–Crippen LogP) is 2.84. The molecular formula is C21H15N3O5. The number of benzene rings is 3. The predicted molar refractivity (Wildman–Crippen MR) is 106 cm³/mol. The summed E-state index contributed by atoms with van der Waals surface area (Å²) in [6.07, 6.45) is 0. The fraction of sp³-hybridized carbons (Fsp3) is 0.0476. The van der Waals surface area contributed by atoms with E-state index in [0.29, 0.717) is 15.9 Å². The van der Waals surface area contributed by atoms with Gasteiger partial charge in [-0.25, -0.2) is 0 Å². The highest BCUT2D eigenvalue weighted by atomic mass is 16.7. The summed E-state index contributed by atoms with van der Waals surface area (Å²) >= 11 is 0. The van der Waals surface area contributed by atoms with Gasteiger partial charge in [-0.15, -0.1) is 4.73 Å². The molecule has 0 atom stereocenters. The van der Waals surface area contributed by atoms with Crippen molar-refractivity contribution in [3.63, 3.8) is 0 Å². The van der Waals surface area contributed by atoms with Crippen molar-refractivity contribution >= 4 is 16.7 Å². The standard InChI is InChI=1S/C21H15N3O5/c25-21-20(15-8-2-1-3-9-15)22(26)18-12-6-7-13-19(18)23(21)29-14-16-10-4-5-11-17(16)24(27)28/h1-13H,14H2. The monoisotopic (exact) mass is 389 g/mol. The third-order valence-corrected chi connectivity index (χ3v) is 4.49. The minimum absolute atomic E-state index is 0.0909. The van der Waals surface area contributed by atoms with E-state index in [4.69, 9.17) is 4.84 Å². The van der Waals surface area contributed by atoms with Crippen LogP contribution in [0.1, 0.15) is 5.56 Å². The van der Waals surface area contributed by atoms with Gasteiger partial charge in [0.2, 0.25) is 5.52 Å². The first kappa shape index (κ1) is 18.2. The molecule has 1 heterocycles. The maximum absolute atomic E-state index is 13.1. The molecule has 144 valence electrons. The normalized spacial score (nSPS) is 10.8. The lowest BCUT2D eigenvalue weighted by molar-refractivity contribution is -0.566. The van der Waals surface area contributed by atoms with E-state index >= 15 is 0 Å². The summed E-state index contributed by atoms with van der Waals surface area (Å²) in [5, 5.41) is 24.1. The average Bonchev–Trinajstić information content (AvgIpc) is 2.75. The van der Waals surface area contributed by atoms with Crippen LogP contribution < -0.4 is 15.1 Å². The third kappa shape index (κ3) is 3.27. The fourth-order valence-electron chi connectivity index (χ4n) is 3.13. The van der Waals surface area contributed by atoms with Gasteiger partial charge in [-0.1, -0.05) is 42.5 Å². The van der Waals surface area contributed by atoms with E-state index in [9.17, 15) is 20.1 Å². The first-order valence-corrected chi connectivity index (χ1v) is 8.76. The maximum Gasteiger partial charge on any atom is 0.357 e. The molecule has 0 fully saturated rings. The molecule has 0 bridgehead atoms. The number of fused-ring (bicyclic) bond motifs is 1. The van der Waals surface area contributed by atoms with E-state index in [-0.39, 0.29) is 29.0 Å². The van der Waals surface area contributed by atoms with Crippen LogP contribution in [0.25, 0.3) is 22.3 Å². The van der Waals surface area contributed by atoms with Crippen molar-refractivity contribution in [2.24, 2.45) is 0 Å². The van der Waals surface area contributed by atoms with Crippen molar-refractivity contribution in [3.05, 3.63) is 110 Å². The topological polar surface area (TPSA) is 101 Å². The minimum atomic E-state index is -0.650. The van der Waals surface area contributed by atoms with Gasteiger partial charge in [0.1, 0.15) is 6.61 Å². The van der Waals surface area contributed by atoms with Gasteiger partial charge in [-0.2, -0.15) is 4.73 Å². The highest BCUT2D eigenvalue weighted by molar-refractivity contribution is 5.73. The van der Waals surface area contributed by atoms with Gasteiger partial charge in [-0.3, -0.25) is 14.9 Å². The lowest BCUT2D eigenvalue weighted by Crippen LogP contribution is -2.42. The van der Waals surface area contributed by atoms with E-state index in [2.05, 4.69) is 0 Å². The highest BCUT2D eigenvalue weighted by Gasteiger charge is 2.23. The SMILES string of the molecule is O=c1c(-c2ccccc2)[n+]([O-])c2ccccc2n1OCc1ccccc1[N+](=O)[O-]. The van der Waals surface area contributed by atoms with Crippen molar-refractivity contribution in [2.45, 2.75) is 6.61 Å². The molecule has 0 saturated heterocycles. The summed E-state index contributed by atoms with van der Waals surface area (Å²) in [5.74, 6) is 0. The summed E-state index contributed by atoms with van der Waals surface area (Å²) in [6.45, 7) is -0.210. The van der Waals surface area contributed by atoms with Crippen LogP contribution in [0.2, 0.25) is 0 Å².